The Hall–Kier alpha value is -4.41. The van der Waals surface area contributed by atoms with Gasteiger partial charge in [-0.15, -0.1) is 11.3 Å². The van der Waals surface area contributed by atoms with Crippen LogP contribution < -0.4 is 32.1 Å². The number of nitrogens with zero attached hydrogens (tertiary/aromatic N) is 6. The lowest BCUT2D eigenvalue weighted by molar-refractivity contribution is -0.135. The van der Waals surface area contributed by atoms with Crippen LogP contribution >= 0.6 is 22.9 Å². The Kier molecular flexibility index (Phi) is 13.5. The highest BCUT2D eigenvalue weighted by atomic mass is 35.5. The van der Waals surface area contributed by atoms with Crippen molar-refractivity contribution in [3.05, 3.63) is 49.5 Å². The molecular formula is C40H54ClN11O4S. The molecule has 5 N–H and O–H groups in total. The van der Waals surface area contributed by atoms with Crippen LogP contribution in [0.15, 0.2) is 22.6 Å². The molecule has 1 atom stereocenters. The van der Waals surface area contributed by atoms with E-state index in [9.17, 15) is 19.2 Å². The number of aryl methyl sites for hydroxylation is 2. The second-order valence-corrected chi connectivity index (χ2v) is 17.1. The number of thiophene rings is 1. The third kappa shape index (κ3) is 10.4. The number of rotatable bonds is 18. The first-order chi connectivity index (χ1) is 27.6. The molecule has 2 saturated carbocycles. The van der Waals surface area contributed by atoms with Crippen molar-refractivity contribution in [2.24, 2.45) is 13.0 Å². The molecule has 1 saturated heterocycles. The second-order valence-electron chi connectivity index (χ2n) is 15.8. The van der Waals surface area contributed by atoms with E-state index in [-0.39, 0.29) is 36.9 Å². The van der Waals surface area contributed by atoms with E-state index < -0.39 is 11.9 Å². The van der Waals surface area contributed by atoms with Crippen molar-refractivity contribution in [1.29, 1.82) is 0 Å². The van der Waals surface area contributed by atoms with Crippen LogP contribution in [0.25, 0.3) is 22.2 Å². The number of halogens is 1. The number of unbranched alkanes of at least 4 members (excludes halogenated alkanes) is 5. The Morgan fingerprint density at radius 3 is 2.42 bits per heavy atom. The van der Waals surface area contributed by atoms with Gasteiger partial charge in [0, 0.05) is 48.7 Å². The predicted octanol–water partition coefficient (Wildman–Crippen LogP) is 5.69. The van der Waals surface area contributed by atoms with Gasteiger partial charge in [0.15, 0.2) is 0 Å². The number of imide groups is 1. The fourth-order valence-corrected chi connectivity index (χ4v) is 9.10. The van der Waals surface area contributed by atoms with Crippen LogP contribution in [0, 0.1) is 12.8 Å². The minimum atomic E-state index is -0.765. The van der Waals surface area contributed by atoms with E-state index in [0.29, 0.717) is 46.3 Å². The Morgan fingerprint density at radius 2 is 1.67 bits per heavy atom. The number of amides is 4. The van der Waals surface area contributed by atoms with Crippen LogP contribution in [-0.4, -0.2) is 72.3 Å². The van der Waals surface area contributed by atoms with Crippen LogP contribution in [0.1, 0.15) is 112 Å². The molecule has 306 valence electrons. The van der Waals surface area contributed by atoms with Crippen molar-refractivity contribution in [1.82, 2.24) is 50.6 Å². The molecule has 4 amide bonds. The lowest BCUT2D eigenvalue weighted by Gasteiger charge is -2.30. The fraction of sp³-hybridized carbons (Fsp3) is 0.600. The topological polar surface area (TPSA) is 190 Å². The monoisotopic (exact) mass is 819 g/mol. The van der Waals surface area contributed by atoms with E-state index in [4.69, 9.17) is 16.6 Å². The van der Waals surface area contributed by atoms with Crippen LogP contribution in [-0.2, 0) is 29.6 Å². The Bertz CT molecular complexity index is 2120. The van der Waals surface area contributed by atoms with Gasteiger partial charge in [0.25, 0.3) is 5.56 Å². The maximum Gasteiger partial charge on any atom is 0.315 e. The van der Waals surface area contributed by atoms with Crippen molar-refractivity contribution in [3.8, 4) is 11.3 Å². The van der Waals surface area contributed by atoms with Gasteiger partial charge in [-0.2, -0.15) is 5.10 Å². The third-order valence-electron chi connectivity index (χ3n) is 11.5. The standard InChI is InChI=1S/C40H54ClN11O4S/c1-24-47-36-29(38(55)52(24)31-15-16-34(53)49-37(31)54)23-57-33(36)22-45-40(56)43-18-8-6-4-3-5-7-17-42-26-11-13-27(14-12-26)48-39-44-21-30(41)35(50-39)28-20-46-51(2)32(28)19-25-9-10-25/h20-21,23,25-27,31,42H,3-19,22H2,1-2H3,(H2,43,45,56)(H,44,48,50)(H,49,53,54)/t26-,27-,31?. The van der Waals surface area contributed by atoms with Gasteiger partial charge in [0.1, 0.15) is 11.9 Å². The van der Waals surface area contributed by atoms with Gasteiger partial charge in [-0.05, 0) is 83.6 Å². The maximum absolute atomic E-state index is 13.3. The molecule has 17 heteroatoms. The number of carbonyl (C=O) groups excluding carboxylic acids is 3. The molecule has 0 radical (unpaired) electrons. The smallest absolute Gasteiger partial charge is 0.315 e. The van der Waals surface area contributed by atoms with Gasteiger partial charge >= 0.3 is 6.03 Å². The molecule has 5 heterocycles. The van der Waals surface area contributed by atoms with E-state index in [1.165, 1.54) is 47.3 Å². The largest absolute Gasteiger partial charge is 0.351 e. The summed E-state index contributed by atoms with van der Waals surface area (Å²) in [6, 6.07) is -0.135. The molecule has 3 fully saturated rings. The molecule has 15 nitrogen and oxygen atoms in total. The molecule has 4 aromatic rings. The molecule has 57 heavy (non-hydrogen) atoms. The average Bonchev–Trinajstić information content (AvgIpc) is 3.82. The van der Waals surface area contributed by atoms with Crippen molar-refractivity contribution >= 4 is 57.6 Å². The summed E-state index contributed by atoms with van der Waals surface area (Å²) in [7, 11) is 1.99. The fourth-order valence-electron chi connectivity index (χ4n) is 8.02. The number of aromatic nitrogens is 6. The molecule has 4 aromatic heterocycles. The van der Waals surface area contributed by atoms with Gasteiger partial charge in [-0.1, -0.05) is 37.3 Å². The first-order valence-electron chi connectivity index (χ1n) is 20.5. The summed E-state index contributed by atoms with van der Waals surface area (Å²) in [6.07, 6.45) is 18.6. The van der Waals surface area contributed by atoms with Crippen molar-refractivity contribution in [2.75, 3.05) is 18.4 Å². The van der Waals surface area contributed by atoms with Gasteiger partial charge in [-0.25, -0.2) is 19.7 Å². The van der Waals surface area contributed by atoms with Gasteiger partial charge in [0.05, 0.1) is 45.4 Å². The number of piperidine rings is 1. The number of nitrogens with one attached hydrogen (secondary N) is 5. The number of carbonyl (C=O) groups is 3. The zero-order valence-electron chi connectivity index (χ0n) is 32.9. The van der Waals surface area contributed by atoms with Crippen molar-refractivity contribution in [3.63, 3.8) is 0 Å². The summed E-state index contributed by atoms with van der Waals surface area (Å²) < 4.78 is 3.32. The zero-order valence-corrected chi connectivity index (χ0v) is 34.4. The number of hydrogen-bond acceptors (Lipinski definition) is 11. The summed E-state index contributed by atoms with van der Waals surface area (Å²) >= 11 is 7.92. The average molecular weight is 820 g/mol. The number of hydrogen-bond donors (Lipinski definition) is 5. The molecule has 1 aliphatic heterocycles. The van der Waals surface area contributed by atoms with E-state index in [2.05, 4.69) is 41.7 Å². The Balaban J connectivity index is 0.727. The highest BCUT2D eigenvalue weighted by molar-refractivity contribution is 7.11. The predicted molar refractivity (Wildman–Crippen MR) is 221 cm³/mol. The first kappa shape index (κ1) is 40.8. The van der Waals surface area contributed by atoms with E-state index in [1.807, 2.05) is 17.9 Å². The second kappa shape index (κ2) is 18.9. The Morgan fingerprint density at radius 1 is 0.930 bits per heavy atom. The molecule has 0 spiro atoms. The molecule has 0 bridgehead atoms. The zero-order chi connectivity index (χ0) is 39.9. The Labute approximate surface area is 341 Å². The number of fused-ring (bicyclic) bond motifs is 1. The summed E-state index contributed by atoms with van der Waals surface area (Å²) in [5, 5.41) is 22.6. The highest BCUT2D eigenvalue weighted by Gasteiger charge is 2.31. The maximum atomic E-state index is 13.3. The summed E-state index contributed by atoms with van der Waals surface area (Å²) in [6.45, 7) is 3.56. The van der Waals surface area contributed by atoms with Crippen molar-refractivity contribution in [2.45, 2.75) is 128 Å². The quantitative estimate of drug-likeness (QED) is 0.0616. The summed E-state index contributed by atoms with van der Waals surface area (Å²) in [5.41, 5.74) is 3.16. The van der Waals surface area contributed by atoms with E-state index >= 15 is 0 Å². The van der Waals surface area contributed by atoms with Crippen LogP contribution in [0.4, 0.5) is 10.7 Å². The normalized spacial score (nSPS) is 19.8. The van der Waals surface area contributed by atoms with E-state index in [0.717, 1.165) is 86.4 Å². The van der Waals surface area contributed by atoms with Crippen molar-refractivity contribution < 1.29 is 14.4 Å². The number of anilines is 1. The van der Waals surface area contributed by atoms with Crippen LogP contribution in [0.5, 0.6) is 0 Å². The van der Waals surface area contributed by atoms with Gasteiger partial charge in [0.2, 0.25) is 17.8 Å². The van der Waals surface area contributed by atoms with Crippen LogP contribution in [0.3, 0.4) is 0 Å². The minimum Gasteiger partial charge on any atom is -0.351 e. The van der Waals surface area contributed by atoms with Crippen LogP contribution in [0.2, 0.25) is 5.02 Å². The van der Waals surface area contributed by atoms with Gasteiger partial charge < -0.3 is 21.3 Å². The number of urea groups is 1. The van der Waals surface area contributed by atoms with Gasteiger partial charge in [-0.3, -0.25) is 28.9 Å². The summed E-state index contributed by atoms with van der Waals surface area (Å²) in [5.74, 6) is 0.946. The molecule has 7 rings (SSSR count). The lowest BCUT2D eigenvalue weighted by Crippen LogP contribution is -2.45. The molecule has 0 aromatic carbocycles. The highest BCUT2D eigenvalue weighted by Crippen LogP contribution is 2.37. The molecule has 2 aliphatic carbocycles. The lowest BCUT2D eigenvalue weighted by atomic mass is 9.91. The SMILES string of the molecule is Cc1nc2c(CNC(=O)NCCCCCCCCN[C@H]3CC[C@H](Nc4ncc(Cl)c(-c5cnn(C)c5CC5CC5)n4)CC3)scc2c(=O)n1C1CCC(=O)NC1=O. The first-order valence-corrected chi connectivity index (χ1v) is 21.8. The summed E-state index contributed by atoms with van der Waals surface area (Å²) in [4.78, 5) is 64.4. The van der Waals surface area contributed by atoms with E-state index in [1.54, 1.807) is 18.5 Å². The third-order valence-corrected chi connectivity index (χ3v) is 12.7. The molecule has 3 aliphatic rings. The molecule has 1 unspecified atom stereocenters. The molecular weight excluding hydrogens is 766 g/mol. The minimum absolute atomic E-state index is 0.175.